The van der Waals surface area contributed by atoms with Crippen molar-refractivity contribution in [1.29, 1.82) is 0 Å². The molecule has 0 saturated carbocycles. The van der Waals surface area contributed by atoms with Crippen LogP contribution in [-0.2, 0) is 42.6 Å². The molecule has 0 atom stereocenters. The molecule has 2 aliphatic heterocycles. The first-order valence-corrected chi connectivity index (χ1v) is 17.3. The van der Waals surface area contributed by atoms with Gasteiger partial charge >= 0.3 is 6.09 Å². The van der Waals surface area contributed by atoms with Crippen molar-refractivity contribution in [3.63, 3.8) is 0 Å². The SMILES string of the molecule is Cc1cc(CCC(=O)CCC2CCN(C(=O)OCc3ccc([N+](=O)[O-])cc3)CC2)ccc1C(=O)N1Cc2cnn(C)c2Cc2cc(Cl)ccc21. The van der Waals surface area contributed by atoms with Crippen molar-refractivity contribution >= 4 is 40.8 Å². The average molecular weight is 698 g/mol. The molecule has 0 radical (unpaired) electrons. The van der Waals surface area contributed by atoms with Crippen LogP contribution in [0.25, 0.3) is 0 Å². The number of aryl methyl sites for hydroxylation is 3. The fourth-order valence-corrected chi connectivity index (χ4v) is 7.03. The summed E-state index contributed by atoms with van der Waals surface area (Å²) in [5, 5.41) is 15.9. The molecule has 0 bridgehead atoms. The summed E-state index contributed by atoms with van der Waals surface area (Å²) in [6.07, 6.45) is 6.02. The Bertz CT molecular complexity index is 1920. The lowest BCUT2D eigenvalue weighted by molar-refractivity contribution is -0.384. The normalized spacial score (nSPS) is 14.5. The van der Waals surface area contributed by atoms with Gasteiger partial charge in [-0.25, -0.2) is 4.79 Å². The van der Waals surface area contributed by atoms with Crippen LogP contribution in [0, 0.1) is 23.0 Å². The topological polar surface area (TPSA) is 128 Å². The number of likely N-dealkylation sites (tertiary alicyclic amines) is 1. The minimum Gasteiger partial charge on any atom is -0.445 e. The van der Waals surface area contributed by atoms with Gasteiger partial charge in [0.15, 0.2) is 0 Å². The molecule has 3 aromatic carbocycles. The van der Waals surface area contributed by atoms with E-state index in [1.54, 1.807) is 21.9 Å². The standard InChI is InChI=1S/C38H40ClN5O6/c1-25-19-27(7-13-34(25)37(46)43-23-30-22-40-41(2)36(30)21-29-20-31(39)8-14-35(29)43)6-12-33(45)11-5-26-15-17-42(18-16-26)38(47)50-24-28-3-9-32(10-4-28)44(48)49/h3-4,7-10,13-14,19-20,22,26H,5-6,11-12,15-18,21,23-24H2,1-2H3. The Kier molecular flexibility index (Phi) is 10.6. The molecule has 0 N–H and O–H groups in total. The summed E-state index contributed by atoms with van der Waals surface area (Å²) >= 11 is 6.34. The molecule has 260 valence electrons. The number of nitrogens with zero attached hydrogens (tertiary/aromatic N) is 5. The third-order valence-corrected chi connectivity index (χ3v) is 10.1. The van der Waals surface area contributed by atoms with E-state index in [9.17, 15) is 24.5 Å². The molecule has 6 rings (SSSR count). The molecule has 0 aliphatic carbocycles. The summed E-state index contributed by atoms with van der Waals surface area (Å²) in [5.41, 5.74) is 7.07. The number of non-ortho nitro benzene ring substituents is 1. The highest BCUT2D eigenvalue weighted by Crippen LogP contribution is 2.34. The van der Waals surface area contributed by atoms with Crippen molar-refractivity contribution < 1.29 is 24.0 Å². The first-order chi connectivity index (χ1) is 24.0. The monoisotopic (exact) mass is 697 g/mol. The highest BCUT2D eigenvalue weighted by atomic mass is 35.5. The molecule has 1 saturated heterocycles. The largest absolute Gasteiger partial charge is 0.445 e. The van der Waals surface area contributed by atoms with Gasteiger partial charge in [-0.15, -0.1) is 0 Å². The predicted octanol–water partition coefficient (Wildman–Crippen LogP) is 7.37. The fraction of sp³-hybridized carbons (Fsp3) is 0.368. The van der Waals surface area contributed by atoms with E-state index < -0.39 is 11.0 Å². The van der Waals surface area contributed by atoms with Gasteiger partial charge in [-0.3, -0.25) is 24.4 Å². The van der Waals surface area contributed by atoms with Gasteiger partial charge < -0.3 is 14.5 Å². The number of nitro groups is 1. The number of anilines is 1. The second-order valence-corrected chi connectivity index (χ2v) is 13.7. The number of aromatic nitrogens is 2. The zero-order valence-electron chi connectivity index (χ0n) is 28.3. The molecule has 12 heteroatoms. The molecule has 3 heterocycles. The number of fused-ring (bicyclic) bond motifs is 2. The van der Waals surface area contributed by atoms with Gasteiger partial charge in [-0.05, 0) is 97.2 Å². The number of amides is 2. The van der Waals surface area contributed by atoms with E-state index in [1.807, 2.05) is 61.2 Å². The van der Waals surface area contributed by atoms with Crippen LogP contribution in [0.5, 0.6) is 0 Å². The second-order valence-electron chi connectivity index (χ2n) is 13.2. The molecule has 50 heavy (non-hydrogen) atoms. The number of ketones is 1. The Balaban J connectivity index is 0.960. The summed E-state index contributed by atoms with van der Waals surface area (Å²) in [5.74, 6) is 0.488. The molecule has 1 fully saturated rings. The van der Waals surface area contributed by atoms with E-state index in [-0.39, 0.29) is 24.0 Å². The van der Waals surface area contributed by atoms with Crippen molar-refractivity contribution in [3.05, 3.63) is 121 Å². The van der Waals surface area contributed by atoms with E-state index in [4.69, 9.17) is 16.3 Å². The zero-order chi connectivity index (χ0) is 35.4. The third kappa shape index (κ3) is 8.05. The molecular weight excluding hydrogens is 658 g/mol. The molecule has 0 unspecified atom stereocenters. The average Bonchev–Trinajstić information content (AvgIpc) is 3.36. The van der Waals surface area contributed by atoms with Gasteiger partial charge in [0, 0.05) is 79.1 Å². The Morgan fingerprint density at radius 1 is 0.980 bits per heavy atom. The predicted molar refractivity (Wildman–Crippen MR) is 189 cm³/mol. The van der Waals surface area contributed by atoms with Crippen LogP contribution >= 0.6 is 11.6 Å². The lowest BCUT2D eigenvalue weighted by atomic mass is 9.90. The Labute approximate surface area is 295 Å². The van der Waals surface area contributed by atoms with Crippen LogP contribution in [0.3, 0.4) is 0 Å². The number of rotatable bonds is 10. The fourth-order valence-electron chi connectivity index (χ4n) is 6.84. The van der Waals surface area contributed by atoms with E-state index in [0.717, 1.165) is 52.9 Å². The molecule has 11 nitrogen and oxygen atoms in total. The number of halogens is 1. The Hall–Kier alpha value is -5.03. The Morgan fingerprint density at radius 3 is 2.44 bits per heavy atom. The minimum absolute atomic E-state index is 0.00875. The molecule has 0 spiro atoms. The number of carbonyl (C=O) groups is 3. The minimum atomic E-state index is -0.469. The maximum atomic E-state index is 14.0. The van der Waals surface area contributed by atoms with E-state index in [0.29, 0.717) is 67.4 Å². The summed E-state index contributed by atoms with van der Waals surface area (Å²) in [6.45, 7) is 3.55. The number of Topliss-reactive ketones (excluding diaryl/α,β-unsaturated/α-hetero) is 1. The van der Waals surface area contributed by atoms with E-state index >= 15 is 0 Å². The number of ether oxygens (including phenoxy) is 1. The highest BCUT2D eigenvalue weighted by Gasteiger charge is 2.28. The quantitative estimate of drug-likeness (QED) is 0.125. The summed E-state index contributed by atoms with van der Waals surface area (Å²) in [4.78, 5) is 53.2. The maximum absolute atomic E-state index is 14.0. The van der Waals surface area contributed by atoms with Crippen molar-refractivity contribution in [3.8, 4) is 0 Å². The van der Waals surface area contributed by atoms with Gasteiger partial charge in [0.1, 0.15) is 12.4 Å². The van der Waals surface area contributed by atoms with Crippen molar-refractivity contribution in [2.75, 3.05) is 18.0 Å². The number of piperidine rings is 1. The number of carbonyl (C=O) groups excluding carboxylic acids is 3. The van der Waals surface area contributed by atoms with Crippen LogP contribution in [0.4, 0.5) is 16.2 Å². The summed E-state index contributed by atoms with van der Waals surface area (Å²) < 4.78 is 7.26. The summed E-state index contributed by atoms with van der Waals surface area (Å²) in [6, 6.07) is 17.4. The second kappa shape index (κ2) is 15.2. The lowest BCUT2D eigenvalue weighted by Gasteiger charge is -2.31. The molecule has 2 amide bonds. The lowest BCUT2D eigenvalue weighted by Crippen LogP contribution is -2.38. The number of nitro benzene ring substituents is 1. The first kappa shape index (κ1) is 34.8. The van der Waals surface area contributed by atoms with Gasteiger partial charge in [0.05, 0.1) is 17.7 Å². The van der Waals surface area contributed by atoms with Crippen LogP contribution in [0.2, 0.25) is 5.02 Å². The number of hydrogen-bond acceptors (Lipinski definition) is 7. The zero-order valence-corrected chi connectivity index (χ0v) is 29.0. The van der Waals surface area contributed by atoms with E-state index in [2.05, 4.69) is 5.10 Å². The van der Waals surface area contributed by atoms with Crippen LogP contribution in [0.15, 0.2) is 66.9 Å². The number of benzene rings is 3. The first-order valence-electron chi connectivity index (χ1n) is 16.9. The van der Waals surface area contributed by atoms with Crippen molar-refractivity contribution in [2.45, 2.75) is 65.0 Å². The van der Waals surface area contributed by atoms with Gasteiger partial charge in [0.2, 0.25) is 0 Å². The van der Waals surface area contributed by atoms with Crippen molar-refractivity contribution in [1.82, 2.24) is 14.7 Å². The van der Waals surface area contributed by atoms with Crippen molar-refractivity contribution in [2.24, 2.45) is 13.0 Å². The van der Waals surface area contributed by atoms with Gasteiger partial charge in [-0.2, -0.15) is 5.10 Å². The Morgan fingerprint density at radius 2 is 1.72 bits per heavy atom. The third-order valence-electron chi connectivity index (χ3n) is 9.84. The molecular formula is C38H40ClN5O6. The van der Waals surface area contributed by atoms with Crippen LogP contribution in [0.1, 0.15) is 76.0 Å². The maximum Gasteiger partial charge on any atom is 0.410 e. The molecule has 1 aromatic heterocycles. The molecule has 2 aliphatic rings. The van der Waals surface area contributed by atoms with Crippen LogP contribution < -0.4 is 4.90 Å². The van der Waals surface area contributed by atoms with Crippen LogP contribution in [-0.4, -0.2) is 50.5 Å². The van der Waals surface area contributed by atoms with E-state index in [1.165, 1.54) is 12.1 Å². The van der Waals surface area contributed by atoms with Gasteiger partial charge in [-0.1, -0.05) is 23.7 Å². The van der Waals surface area contributed by atoms with Gasteiger partial charge in [0.25, 0.3) is 11.6 Å². The number of hydrogen-bond donors (Lipinski definition) is 0. The highest BCUT2D eigenvalue weighted by molar-refractivity contribution is 6.30. The summed E-state index contributed by atoms with van der Waals surface area (Å²) in [7, 11) is 1.91. The smallest absolute Gasteiger partial charge is 0.410 e. The molecule has 4 aromatic rings.